The van der Waals surface area contributed by atoms with E-state index in [9.17, 15) is 4.79 Å². The van der Waals surface area contributed by atoms with E-state index >= 15 is 0 Å². The molecule has 1 radical (unpaired) electrons. The molecule has 0 bridgehead atoms. The second-order valence-electron chi connectivity index (χ2n) is 3.05. The van der Waals surface area contributed by atoms with E-state index in [1.165, 1.54) is 0 Å². The summed E-state index contributed by atoms with van der Waals surface area (Å²) >= 11 is 0. The number of ether oxygens (including phenoxy) is 1. The van der Waals surface area contributed by atoms with Crippen LogP contribution in [0.5, 0.6) is 0 Å². The SMILES string of the molecule is C=C(C)C(=O)OC(CC)O[Si](C)C. The van der Waals surface area contributed by atoms with Gasteiger partial charge in [-0.3, -0.25) is 0 Å². The van der Waals surface area contributed by atoms with Crippen LogP contribution in [0.2, 0.25) is 13.1 Å². The van der Waals surface area contributed by atoms with Crippen LogP contribution in [-0.2, 0) is 14.0 Å². The highest BCUT2D eigenvalue weighted by molar-refractivity contribution is 6.48. The lowest BCUT2D eigenvalue weighted by Crippen LogP contribution is -2.25. The largest absolute Gasteiger partial charge is 0.433 e. The molecule has 75 valence electrons. The fraction of sp³-hybridized carbons (Fsp3) is 0.667. The predicted molar refractivity (Wildman–Crippen MR) is 53.6 cm³/mol. The van der Waals surface area contributed by atoms with Crippen LogP contribution in [0.1, 0.15) is 20.3 Å². The molecule has 4 heteroatoms. The van der Waals surface area contributed by atoms with Crippen molar-refractivity contribution in [1.29, 1.82) is 0 Å². The molecule has 0 rings (SSSR count). The second kappa shape index (κ2) is 5.94. The molecule has 0 saturated carbocycles. The van der Waals surface area contributed by atoms with Crippen LogP contribution in [0, 0.1) is 0 Å². The maximum Gasteiger partial charge on any atom is 0.335 e. The molecule has 0 aliphatic heterocycles. The number of carbonyl (C=O) groups excluding carboxylic acids is 1. The maximum atomic E-state index is 11.1. The summed E-state index contributed by atoms with van der Waals surface area (Å²) in [6.45, 7) is 11.0. The quantitative estimate of drug-likeness (QED) is 0.296. The summed E-state index contributed by atoms with van der Waals surface area (Å²) in [4.78, 5) is 11.1. The van der Waals surface area contributed by atoms with Gasteiger partial charge in [0.05, 0.1) is 0 Å². The summed E-state index contributed by atoms with van der Waals surface area (Å²) in [6.07, 6.45) is 0.266. The van der Waals surface area contributed by atoms with Crippen molar-refractivity contribution in [3.8, 4) is 0 Å². The number of esters is 1. The summed E-state index contributed by atoms with van der Waals surface area (Å²) in [5, 5.41) is 0. The Hall–Kier alpha value is -0.613. The molecule has 1 unspecified atom stereocenters. The standard InChI is InChI=1S/C9H17O3Si/c1-6-8(12-13(4)5)11-9(10)7(2)3/h8H,2,6H2,1,3-5H3. The molecule has 0 fully saturated rings. The van der Waals surface area contributed by atoms with Gasteiger partial charge in [-0.15, -0.1) is 0 Å². The Morgan fingerprint density at radius 2 is 2.08 bits per heavy atom. The molecule has 0 aromatic rings. The third-order valence-corrected chi connectivity index (χ3v) is 2.02. The number of carbonyl (C=O) groups is 1. The molecule has 0 amide bonds. The first-order chi connectivity index (χ1) is 5.97. The van der Waals surface area contributed by atoms with E-state index in [0.29, 0.717) is 12.0 Å². The lowest BCUT2D eigenvalue weighted by atomic mass is 10.3. The summed E-state index contributed by atoms with van der Waals surface area (Å²) in [7, 11) is -0.823. The van der Waals surface area contributed by atoms with Gasteiger partial charge in [0.2, 0.25) is 9.04 Å². The monoisotopic (exact) mass is 201 g/mol. The zero-order valence-electron chi connectivity index (χ0n) is 8.72. The Bertz CT molecular complexity index is 189. The van der Waals surface area contributed by atoms with Crippen LogP contribution in [-0.4, -0.2) is 21.3 Å². The van der Waals surface area contributed by atoms with Crippen LogP contribution < -0.4 is 0 Å². The minimum atomic E-state index is -0.823. The summed E-state index contributed by atoms with van der Waals surface area (Å²) < 4.78 is 10.5. The van der Waals surface area contributed by atoms with E-state index in [4.69, 9.17) is 9.16 Å². The molecule has 0 aliphatic carbocycles. The lowest BCUT2D eigenvalue weighted by Gasteiger charge is -2.18. The topological polar surface area (TPSA) is 35.5 Å². The van der Waals surface area contributed by atoms with Gasteiger partial charge in [0.15, 0.2) is 6.29 Å². The van der Waals surface area contributed by atoms with Crippen molar-refractivity contribution in [2.75, 3.05) is 0 Å². The summed E-state index contributed by atoms with van der Waals surface area (Å²) in [5.41, 5.74) is 0.406. The first-order valence-corrected chi connectivity index (χ1v) is 6.71. The molecule has 0 saturated heterocycles. The fourth-order valence-corrected chi connectivity index (χ4v) is 1.41. The minimum Gasteiger partial charge on any atom is -0.433 e. The predicted octanol–water partition coefficient (Wildman–Crippen LogP) is 2.11. The van der Waals surface area contributed by atoms with Gasteiger partial charge in [0, 0.05) is 12.0 Å². The van der Waals surface area contributed by atoms with Gasteiger partial charge < -0.3 is 9.16 Å². The van der Waals surface area contributed by atoms with Crippen molar-refractivity contribution in [3.63, 3.8) is 0 Å². The van der Waals surface area contributed by atoms with Gasteiger partial charge in [-0.25, -0.2) is 4.79 Å². The fourth-order valence-electron chi connectivity index (χ4n) is 0.674. The van der Waals surface area contributed by atoms with E-state index < -0.39 is 15.3 Å². The summed E-state index contributed by atoms with van der Waals surface area (Å²) in [6, 6.07) is 0. The zero-order valence-corrected chi connectivity index (χ0v) is 9.72. The Labute approximate surface area is 81.5 Å². The molecule has 0 aliphatic rings. The highest BCUT2D eigenvalue weighted by Gasteiger charge is 2.14. The van der Waals surface area contributed by atoms with Gasteiger partial charge >= 0.3 is 5.97 Å². The third-order valence-electron chi connectivity index (χ3n) is 1.29. The van der Waals surface area contributed by atoms with Crippen LogP contribution >= 0.6 is 0 Å². The molecule has 3 nitrogen and oxygen atoms in total. The number of rotatable bonds is 5. The molecule has 0 aromatic heterocycles. The van der Waals surface area contributed by atoms with Crippen LogP contribution in [0.4, 0.5) is 0 Å². The van der Waals surface area contributed by atoms with E-state index in [0.717, 1.165) is 0 Å². The number of hydrogen-bond acceptors (Lipinski definition) is 3. The van der Waals surface area contributed by atoms with Gasteiger partial charge in [0.25, 0.3) is 0 Å². The van der Waals surface area contributed by atoms with Crippen LogP contribution in [0.15, 0.2) is 12.2 Å². The van der Waals surface area contributed by atoms with Gasteiger partial charge in [-0.2, -0.15) is 0 Å². The molecule has 1 atom stereocenters. The average molecular weight is 201 g/mol. The Balaban J connectivity index is 3.97. The second-order valence-corrected chi connectivity index (χ2v) is 5.10. The first kappa shape index (κ1) is 12.4. The first-order valence-electron chi connectivity index (χ1n) is 4.30. The van der Waals surface area contributed by atoms with Crippen molar-refractivity contribution in [3.05, 3.63) is 12.2 Å². The maximum absolute atomic E-state index is 11.1. The van der Waals surface area contributed by atoms with Crippen molar-refractivity contribution >= 4 is 15.0 Å². The van der Waals surface area contributed by atoms with Gasteiger partial charge in [-0.1, -0.05) is 13.5 Å². The lowest BCUT2D eigenvalue weighted by molar-refractivity contribution is -0.159. The highest BCUT2D eigenvalue weighted by Crippen LogP contribution is 2.05. The van der Waals surface area contributed by atoms with Crippen molar-refractivity contribution in [2.45, 2.75) is 39.7 Å². The van der Waals surface area contributed by atoms with Gasteiger partial charge in [0.1, 0.15) is 0 Å². The van der Waals surface area contributed by atoms with Crippen molar-refractivity contribution in [1.82, 2.24) is 0 Å². The van der Waals surface area contributed by atoms with Crippen LogP contribution in [0.3, 0.4) is 0 Å². The molecular weight excluding hydrogens is 184 g/mol. The molecule has 0 N–H and O–H groups in total. The number of hydrogen-bond donors (Lipinski definition) is 0. The third kappa shape index (κ3) is 5.60. The zero-order chi connectivity index (χ0) is 10.4. The molecule has 0 heterocycles. The van der Waals surface area contributed by atoms with Crippen molar-refractivity contribution < 1.29 is 14.0 Å². The average Bonchev–Trinajstić information content (AvgIpc) is 2.02. The Morgan fingerprint density at radius 1 is 1.54 bits per heavy atom. The van der Waals surface area contributed by atoms with E-state index in [-0.39, 0.29) is 5.97 Å². The Kier molecular flexibility index (Phi) is 5.66. The van der Waals surface area contributed by atoms with E-state index in [1.54, 1.807) is 6.92 Å². The van der Waals surface area contributed by atoms with Gasteiger partial charge in [-0.05, 0) is 20.0 Å². The molecular formula is C9H17O3Si. The van der Waals surface area contributed by atoms with Crippen molar-refractivity contribution in [2.24, 2.45) is 0 Å². The highest BCUT2D eigenvalue weighted by atomic mass is 28.3. The van der Waals surface area contributed by atoms with E-state index in [1.807, 2.05) is 20.0 Å². The summed E-state index contributed by atoms with van der Waals surface area (Å²) in [5.74, 6) is -0.380. The molecule has 0 spiro atoms. The normalized spacial score (nSPS) is 12.7. The smallest absolute Gasteiger partial charge is 0.335 e. The minimum absolute atomic E-state index is 0.380. The molecule has 0 aromatic carbocycles. The molecule has 13 heavy (non-hydrogen) atoms. The van der Waals surface area contributed by atoms with Crippen LogP contribution in [0.25, 0.3) is 0 Å². The Morgan fingerprint density at radius 3 is 2.38 bits per heavy atom. The van der Waals surface area contributed by atoms with E-state index in [2.05, 4.69) is 6.58 Å².